The second kappa shape index (κ2) is 5.32. The molecule has 1 fully saturated rings. The number of amides is 1. The van der Waals surface area contributed by atoms with Gasteiger partial charge in [0.2, 0.25) is 12.2 Å². The van der Waals surface area contributed by atoms with Gasteiger partial charge in [-0.25, -0.2) is 4.79 Å². The number of nitrogens with zero attached hydrogens (tertiary/aromatic N) is 4. The normalized spacial score (nSPS) is 32.6. The van der Waals surface area contributed by atoms with Gasteiger partial charge in [0.25, 0.3) is 0 Å². The Labute approximate surface area is 142 Å². The molecule has 1 amide bonds. The molecule has 128 valence electrons. The smallest absolute Gasteiger partial charge is 0.353 e. The van der Waals surface area contributed by atoms with Gasteiger partial charge in [-0.2, -0.15) is 9.36 Å². The number of hydrogen-bond donors (Lipinski definition) is 2. The summed E-state index contributed by atoms with van der Waals surface area (Å²) in [6, 6.07) is -0.249. The molecule has 0 bridgehead atoms. The number of carbonyl (C=O) groups is 2. The molecule has 0 radical (unpaired) electrons. The van der Waals surface area contributed by atoms with Crippen molar-refractivity contribution in [3.63, 3.8) is 0 Å². The van der Waals surface area contributed by atoms with E-state index in [1.54, 1.807) is 19.6 Å². The van der Waals surface area contributed by atoms with Crippen LogP contribution in [0.15, 0.2) is 23.3 Å². The summed E-state index contributed by atoms with van der Waals surface area (Å²) in [6.45, 7) is 5.05. The maximum absolute atomic E-state index is 12.3. The van der Waals surface area contributed by atoms with E-state index in [1.165, 1.54) is 16.7 Å². The maximum atomic E-state index is 12.3. The minimum atomic E-state index is -1.07. The number of thioether (sulfide) groups is 1. The fraction of sp³-hybridized carbons (Fsp3) is 0.600. The molecule has 3 aliphatic heterocycles. The second-order valence-corrected chi connectivity index (χ2v) is 7.98. The molecule has 0 unspecified atom stereocenters. The highest BCUT2D eigenvalue weighted by Gasteiger charge is 2.60. The van der Waals surface area contributed by atoms with Crippen molar-refractivity contribution in [1.82, 2.24) is 14.6 Å². The predicted molar refractivity (Wildman–Crippen MR) is 83.4 cm³/mol. The van der Waals surface area contributed by atoms with Gasteiger partial charge in [0, 0.05) is 10.8 Å². The van der Waals surface area contributed by atoms with Crippen LogP contribution in [0.1, 0.15) is 13.8 Å². The third-order valence-electron chi connectivity index (χ3n) is 5.12. The van der Waals surface area contributed by atoms with E-state index < -0.39 is 18.0 Å². The number of fused-ring (bicyclic) bond motifs is 2. The van der Waals surface area contributed by atoms with Crippen molar-refractivity contribution in [1.29, 1.82) is 0 Å². The number of aliphatic hydroxyl groups is 1. The minimum Gasteiger partial charge on any atom is -0.477 e. The van der Waals surface area contributed by atoms with Crippen LogP contribution in [0.4, 0.5) is 0 Å². The van der Waals surface area contributed by atoms with Crippen LogP contribution in [-0.4, -0.2) is 54.1 Å². The first-order valence-electron chi connectivity index (χ1n) is 7.95. The Morgan fingerprint density at radius 2 is 2.29 bits per heavy atom. The first-order chi connectivity index (χ1) is 11.4. The van der Waals surface area contributed by atoms with Crippen molar-refractivity contribution in [2.75, 3.05) is 0 Å². The van der Waals surface area contributed by atoms with E-state index in [9.17, 15) is 19.8 Å². The molecule has 8 nitrogen and oxygen atoms in total. The van der Waals surface area contributed by atoms with Crippen molar-refractivity contribution >= 4 is 23.6 Å². The lowest BCUT2D eigenvalue weighted by molar-refractivity contribution is -0.758. The largest absolute Gasteiger partial charge is 0.477 e. The van der Waals surface area contributed by atoms with Gasteiger partial charge in [0.15, 0.2) is 0 Å². The molecule has 1 aromatic heterocycles. The van der Waals surface area contributed by atoms with Crippen molar-refractivity contribution in [3.05, 3.63) is 23.3 Å². The molecule has 4 rings (SSSR count). The molecule has 0 aromatic carbocycles. The molecule has 0 aliphatic carbocycles. The maximum Gasteiger partial charge on any atom is 0.353 e. The van der Waals surface area contributed by atoms with E-state index in [0.29, 0.717) is 0 Å². The number of aliphatic hydroxyl groups excluding tert-OH is 1. The van der Waals surface area contributed by atoms with Crippen LogP contribution in [0, 0.1) is 11.8 Å². The Hall–Kier alpha value is -1.87. The number of carboxylic acids is 1. The van der Waals surface area contributed by atoms with Gasteiger partial charge in [0.1, 0.15) is 12.2 Å². The fourth-order valence-corrected chi connectivity index (χ4v) is 5.49. The molecule has 2 N–H and O–H groups in total. The van der Waals surface area contributed by atoms with Gasteiger partial charge in [-0.15, -0.1) is 11.8 Å². The SMILES string of the molecule is C[C@@H]1C(SC2Cn3cnc[n+]3C2)=C(C(=O)O)N2C(=O)[C@H]([C@@H](C)O)[C@H]12. The topological polar surface area (TPSA) is 99.5 Å². The van der Waals surface area contributed by atoms with Crippen molar-refractivity contribution in [2.45, 2.75) is 44.3 Å². The van der Waals surface area contributed by atoms with Gasteiger partial charge in [0.05, 0.1) is 29.9 Å². The van der Waals surface area contributed by atoms with Crippen LogP contribution in [0.25, 0.3) is 0 Å². The van der Waals surface area contributed by atoms with Crippen LogP contribution >= 0.6 is 11.8 Å². The summed E-state index contributed by atoms with van der Waals surface area (Å²) in [5, 5.41) is 19.7. The Balaban J connectivity index is 1.61. The molecular formula is C15H19N4O4S+. The number of hydrogen-bond acceptors (Lipinski definition) is 5. The standard InChI is InChI=1S/C15H18N4O4S/c1-7-11-10(8(2)20)14(21)19(11)12(15(22)23)13(7)24-9-3-17-5-16-6-18(17)4-9/h5-11,20H,3-4H2,1-2H3/p+1/t7-,8+,10+,11-/m0/s1. The second-order valence-electron chi connectivity index (χ2n) is 6.64. The van der Waals surface area contributed by atoms with E-state index in [2.05, 4.69) is 4.98 Å². The lowest BCUT2D eigenvalue weighted by Gasteiger charge is -2.46. The molecule has 4 atom stereocenters. The molecule has 24 heavy (non-hydrogen) atoms. The quantitative estimate of drug-likeness (QED) is 0.557. The average Bonchev–Trinajstić information content (AvgIpc) is 3.12. The van der Waals surface area contributed by atoms with Crippen molar-refractivity contribution in [2.24, 2.45) is 11.8 Å². The summed E-state index contributed by atoms with van der Waals surface area (Å²) in [6.07, 6.45) is 2.74. The van der Waals surface area contributed by atoms with E-state index >= 15 is 0 Å². The minimum absolute atomic E-state index is 0.0820. The molecule has 4 heterocycles. The number of carbonyl (C=O) groups excluding carboxylic acids is 1. The summed E-state index contributed by atoms with van der Waals surface area (Å²) in [5.41, 5.74) is 0.0964. The summed E-state index contributed by atoms with van der Waals surface area (Å²) in [5.74, 6) is -1.95. The molecule has 3 aliphatic rings. The van der Waals surface area contributed by atoms with Crippen molar-refractivity contribution in [3.8, 4) is 0 Å². The van der Waals surface area contributed by atoms with Crippen LogP contribution in [-0.2, 0) is 22.7 Å². The van der Waals surface area contributed by atoms with Gasteiger partial charge in [-0.05, 0) is 11.9 Å². The van der Waals surface area contributed by atoms with Crippen LogP contribution in [0.3, 0.4) is 0 Å². The molecule has 1 saturated heterocycles. The Bertz CT molecular complexity index is 738. The average molecular weight is 351 g/mol. The third kappa shape index (κ3) is 2.04. The molecule has 0 spiro atoms. The van der Waals surface area contributed by atoms with Crippen LogP contribution < -0.4 is 4.68 Å². The summed E-state index contributed by atoms with van der Waals surface area (Å²) in [4.78, 5) is 30.3. The highest BCUT2D eigenvalue weighted by Crippen LogP contribution is 2.51. The molecule has 0 saturated carbocycles. The van der Waals surface area contributed by atoms with Gasteiger partial charge < -0.3 is 15.1 Å². The molecule has 1 aromatic rings. The summed E-state index contributed by atoms with van der Waals surface area (Å²) >= 11 is 1.54. The predicted octanol–water partition coefficient (Wildman–Crippen LogP) is -0.560. The molecule has 9 heteroatoms. The number of aromatic nitrogens is 3. The molecular weight excluding hydrogens is 332 g/mol. The van der Waals surface area contributed by atoms with E-state index in [-0.39, 0.29) is 28.8 Å². The summed E-state index contributed by atoms with van der Waals surface area (Å²) in [7, 11) is 0. The number of β-lactam (4-membered cyclic amide) rings is 1. The Morgan fingerprint density at radius 1 is 1.54 bits per heavy atom. The third-order valence-corrected chi connectivity index (χ3v) is 6.57. The number of carboxylic acid groups (broad SMARTS) is 1. The Morgan fingerprint density at radius 3 is 2.92 bits per heavy atom. The van der Waals surface area contributed by atoms with E-state index in [0.717, 1.165) is 18.0 Å². The van der Waals surface area contributed by atoms with Gasteiger partial charge >= 0.3 is 12.3 Å². The number of rotatable bonds is 4. The zero-order valence-electron chi connectivity index (χ0n) is 13.4. The highest BCUT2D eigenvalue weighted by atomic mass is 32.2. The highest BCUT2D eigenvalue weighted by molar-refractivity contribution is 8.03. The van der Waals surface area contributed by atoms with Crippen LogP contribution in [0.2, 0.25) is 0 Å². The number of aliphatic carboxylic acids is 1. The Kier molecular flexibility index (Phi) is 3.47. The monoisotopic (exact) mass is 351 g/mol. The van der Waals surface area contributed by atoms with Gasteiger partial charge in [-0.3, -0.25) is 4.79 Å². The first-order valence-corrected chi connectivity index (χ1v) is 8.83. The zero-order valence-corrected chi connectivity index (χ0v) is 14.2. The van der Waals surface area contributed by atoms with E-state index in [4.69, 9.17) is 0 Å². The van der Waals surface area contributed by atoms with E-state index in [1.807, 2.05) is 16.3 Å². The summed E-state index contributed by atoms with van der Waals surface area (Å²) < 4.78 is 3.99. The zero-order chi connectivity index (χ0) is 17.2. The first kappa shape index (κ1) is 15.6. The van der Waals surface area contributed by atoms with Crippen molar-refractivity contribution < 1.29 is 24.5 Å². The van der Waals surface area contributed by atoms with Crippen LogP contribution in [0.5, 0.6) is 0 Å². The lowest BCUT2D eigenvalue weighted by atomic mass is 9.79. The lowest BCUT2D eigenvalue weighted by Crippen LogP contribution is -2.63. The van der Waals surface area contributed by atoms with Gasteiger partial charge in [-0.1, -0.05) is 6.92 Å². The fourth-order valence-electron chi connectivity index (χ4n) is 4.03.